The maximum Gasteiger partial charge on any atom is 0.259 e. The molecule has 0 bridgehead atoms. The Kier molecular flexibility index (Phi) is 3.34. The van der Waals surface area contributed by atoms with Crippen LogP contribution in [0.2, 0.25) is 0 Å². The third-order valence-corrected chi connectivity index (χ3v) is 3.32. The van der Waals surface area contributed by atoms with Crippen LogP contribution in [0.25, 0.3) is 0 Å². The van der Waals surface area contributed by atoms with Crippen LogP contribution >= 0.6 is 0 Å². The van der Waals surface area contributed by atoms with Crippen LogP contribution in [0, 0.1) is 27.7 Å². The van der Waals surface area contributed by atoms with Crippen LogP contribution < -0.4 is 11.1 Å². The highest BCUT2D eigenvalue weighted by Gasteiger charge is 2.18. The van der Waals surface area contributed by atoms with Gasteiger partial charge in [0.15, 0.2) is 0 Å². The van der Waals surface area contributed by atoms with Gasteiger partial charge < -0.3 is 15.5 Å². The summed E-state index contributed by atoms with van der Waals surface area (Å²) < 4.78 is 5.47. The molecule has 1 aromatic heterocycles. The van der Waals surface area contributed by atoms with Gasteiger partial charge in [0.25, 0.3) is 5.91 Å². The molecule has 100 valence electrons. The lowest BCUT2D eigenvalue weighted by Crippen LogP contribution is -2.13. The number of nitrogens with two attached hydrogens (primary N) is 1. The summed E-state index contributed by atoms with van der Waals surface area (Å²) in [6, 6.07) is 5.42. The predicted molar refractivity (Wildman–Crippen MR) is 76.5 cm³/mol. The summed E-state index contributed by atoms with van der Waals surface area (Å²) in [4.78, 5) is 12.3. The van der Waals surface area contributed by atoms with Crippen molar-refractivity contribution >= 4 is 17.3 Å². The van der Waals surface area contributed by atoms with Gasteiger partial charge in [0.1, 0.15) is 11.5 Å². The Morgan fingerprint density at radius 3 is 2.37 bits per heavy atom. The largest absolute Gasteiger partial charge is 0.466 e. The average molecular weight is 258 g/mol. The third-order valence-electron chi connectivity index (χ3n) is 3.32. The summed E-state index contributed by atoms with van der Waals surface area (Å²) in [6.45, 7) is 7.44. The Labute approximate surface area is 112 Å². The fraction of sp³-hybridized carbons (Fsp3) is 0.267. The van der Waals surface area contributed by atoms with Gasteiger partial charge in [0.05, 0.1) is 5.56 Å². The summed E-state index contributed by atoms with van der Waals surface area (Å²) in [5.41, 5.74) is 9.62. The van der Waals surface area contributed by atoms with E-state index in [1.54, 1.807) is 19.1 Å². The van der Waals surface area contributed by atoms with Crippen LogP contribution in [0.3, 0.4) is 0 Å². The van der Waals surface area contributed by atoms with Crippen molar-refractivity contribution in [3.05, 3.63) is 46.4 Å². The van der Waals surface area contributed by atoms with Crippen LogP contribution in [0.1, 0.15) is 33.0 Å². The number of carbonyl (C=O) groups is 1. The van der Waals surface area contributed by atoms with Crippen molar-refractivity contribution in [2.24, 2.45) is 0 Å². The Bertz CT molecular complexity index is 642. The molecule has 0 spiro atoms. The van der Waals surface area contributed by atoms with E-state index in [0.29, 0.717) is 17.0 Å². The number of nitrogens with one attached hydrogen (secondary N) is 1. The Hall–Kier alpha value is -2.23. The fourth-order valence-electron chi connectivity index (χ4n) is 2.07. The van der Waals surface area contributed by atoms with E-state index in [2.05, 4.69) is 5.32 Å². The lowest BCUT2D eigenvalue weighted by molar-refractivity contribution is 0.102. The zero-order valence-electron chi connectivity index (χ0n) is 11.6. The number of benzene rings is 1. The number of amides is 1. The minimum Gasteiger partial charge on any atom is -0.466 e. The Morgan fingerprint density at radius 2 is 1.84 bits per heavy atom. The summed E-state index contributed by atoms with van der Waals surface area (Å²) >= 11 is 0. The molecule has 0 unspecified atom stereocenters. The van der Waals surface area contributed by atoms with Crippen molar-refractivity contribution in [1.82, 2.24) is 0 Å². The second kappa shape index (κ2) is 4.80. The van der Waals surface area contributed by atoms with Gasteiger partial charge in [-0.2, -0.15) is 0 Å². The zero-order chi connectivity index (χ0) is 14.2. The van der Waals surface area contributed by atoms with E-state index >= 15 is 0 Å². The predicted octanol–water partition coefficient (Wildman–Crippen LogP) is 3.35. The lowest BCUT2D eigenvalue weighted by atomic mass is 10.1. The minimum absolute atomic E-state index is 0.156. The standard InChI is InChI=1S/C15H18N2O2/c1-8-7-12(5-6-13(8)16)17-15(18)14-9(2)10(3)19-11(14)4/h5-7H,16H2,1-4H3,(H,17,18). The van der Waals surface area contributed by atoms with Gasteiger partial charge in [0.2, 0.25) is 0 Å². The van der Waals surface area contributed by atoms with Crippen LogP contribution in [0.4, 0.5) is 11.4 Å². The molecule has 0 aliphatic carbocycles. The lowest BCUT2D eigenvalue weighted by Gasteiger charge is -2.07. The van der Waals surface area contributed by atoms with Crippen molar-refractivity contribution in [3.63, 3.8) is 0 Å². The number of hydrogen-bond donors (Lipinski definition) is 2. The molecule has 3 N–H and O–H groups in total. The molecule has 0 saturated carbocycles. The average Bonchev–Trinajstić information content (AvgIpc) is 2.58. The summed E-state index contributed by atoms with van der Waals surface area (Å²) in [5.74, 6) is 1.26. The first-order valence-corrected chi connectivity index (χ1v) is 6.14. The summed E-state index contributed by atoms with van der Waals surface area (Å²) in [6.07, 6.45) is 0. The minimum atomic E-state index is -0.156. The van der Waals surface area contributed by atoms with Crippen LogP contribution in [-0.2, 0) is 0 Å². The number of hydrogen-bond acceptors (Lipinski definition) is 3. The molecule has 0 radical (unpaired) electrons. The topological polar surface area (TPSA) is 68.3 Å². The van der Waals surface area contributed by atoms with Crippen molar-refractivity contribution in [1.29, 1.82) is 0 Å². The molecule has 0 aliphatic rings. The van der Waals surface area contributed by atoms with Crippen LogP contribution in [-0.4, -0.2) is 5.91 Å². The van der Waals surface area contributed by atoms with Gasteiger partial charge in [-0.25, -0.2) is 0 Å². The van der Waals surface area contributed by atoms with E-state index < -0.39 is 0 Å². The monoisotopic (exact) mass is 258 g/mol. The number of nitrogen functional groups attached to an aromatic ring is 1. The number of rotatable bonds is 2. The number of aryl methyl sites for hydroxylation is 3. The highest BCUT2D eigenvalue weighted by Crippen LogP contribution is 2.23. The molecule has 0 fully saturated rings. The molecule has 2 aromatic rings. The van der Waals surface area contributed by atoms with Crippen molar-refractivity contribution in [2.45, 2.75) is 27.7 Å². The van der Waals surface area contributed by atoms with Gasteiger partial charge in [-0.3, -0.25) is 4.79 Å². The highest BCUT2D eigenvalue weighted by atomic mass is 16.3. The van der Waals surface area contributed by atoms with Gasteiger partial charge in [-0.15, -0.1) is 0 Å². The quantitative estimate of drug-likeness (QED) is 0.812. The van der Waals surface area contributed by atoms with Gasteiger partial charge in [-0.05, 0) is 51.5 Å². The molecule has 1 amide bonds. The summed E-state index contributed by atoms with van der Waals surface area (Å²) in [5, 5.41) is 2.87. The normalized spacial score (nSPS) is 10.5. The maximum absolute atomic E-state index is 12.3. The SMILES string of the molecule is Cc1cc(NC(=O)c2c(C)oc(C)c2C)ccc1N. The molecular weight excluding hydrogens is 240 g/mol. The summed E-state index contributed by atoms with van der Waals surface area (Å²) in [7, 11) is 0. The molecule has 0 aliphatic heterocycles. The Balaban J connectivity index is 2.28. The van der Waals surface area contributed by atoms with Crippen LogP contribution in [0.5, 0.6) is 0 Å². The van der Waals surface area contributed by atoms with E-state index in [0.717, 1.165) is 22.6 Å². The first kappa shape index (κ1) is 13.2. The maximum atomic E-state index is 12.3. The Morgan fingerprint density at radius 1 is 1.16 bits per heavy atom. The molecule has 1 aromatic carbocycles. The van der Waals surface area contributed by atoms with Crippen molar-refractivity contribution < 1.29 is 9.21 Å². The van der Waals surface area contributed by atoms with E-state index in [1.165, 1.54) is 0 Å². The van der Waals surface area contributed by atoms with Gasteiger partial charge in [-0.1, -0.05) is 0 Å². The first-order valence-electron chi connectivity index (χ1n) is 6.14. The second-order valence-electron chi connectivity index (χ2n) is 4.74. The molecule has 0 saturated heterocycles. The highest BCUT2D eigenvalue weighted by molar-refractivity contribution is 6.06. The molecule has 4 heteroatoms. The molecule has 0 atom stereocenters. The first-order chi connectivity index (χ1) is 8.90. The molecule has 19 heavy (non-hydrogen) atoms. The second-order valence-corrected chi connectivity index (χ2v) is 4.74. The molecule has 4 nitrogen and oxygen atoms in total. The smallest absolute Gasteiger partial charge is 0.259 e. The van der Waals surface area contributed by atoms with E-state index in [1.807, 2.05) is 26.8 Å². The van der Waals surface area contributed by atoms with Gasteiger partial charge >= 0.3 is 0 Å². The van der Waals surface area contributed by atoms with E-state index in [9.17, 15) is 4.79 Å². The van der Waals surface area contributed by atoms with E-state index in [-0.39, 0.29) is 5.91 Å². The number of anilines is 2. The van der Waals surface area contributed by atoms with Gasteiger partial charge in [0, 0.05) is 16.9 Å². The van der Waals surface area contributed by atoms with Crippen molar-refractivity contribution in [2.75, 3.05) is 11.1 Å². The fourth-order valence-corrected chi connectivity index (χ4v) is 2.07. The van der Waals surface area contributed by atoms with E-state index in [4.69, 9.17) is 10.2 Å². The number of furan rings is 1. The third kappa shape index (κ3) is 2.47. The zero-order valence-corrected chi connectivity index (χ0v) is 11.6. The molecular formula is C15H18N2O2. The molecule has 2 rings (SSSR count). The van der Waals surface area contributed by atoms with Crippen LogP contribution in [0.15, 0.2) is 22.6 Å². The number of carbonyl (C=O) groups excluding carboxylic acids is 1. The van der Waals surface area contributed by atoms with Crippen molar-refractivity contribution in [3.8, 4) is 0 Å². The molecule has 1 heterocycles.